The Morgan fingerprint density at radius 1 is 1.28 bits per heavy atom. The fourth-order valence-corrected chi connectivity index (χ4v) is 2.96. The molecule has 0 aromatic carbocycles. The Hall–Kier alpha value is -0.570. The minimum Gasteiger partial charge on any atom is -0.391 e. The van der Waals surface area contributed by atoms with E-state index in [1.54, 1.807) is 4.90 Å². The van der Waals surface area contributed by atoms with Crippen LogP contribution in [0, 0.1) is 17.3 Å². The second-order valence-electron chi connectivity index (χ2n) is 7.06. The Balaban J connectivity index is 1.79. The van der Waals surface area contributed by atoms with Crippen LogP contribution in [0.25, 0.3) is 0 Å². The average Bonchev–Trinajstić information content (AvgIpc) is 3.11. The fourth-order valence-electron chi connectivity index (χ4n) is 2.96. The minimum atomic E-state index is -0.306. The van der Waals surface area contributed by atoms with Gasteiger partial charge in [0.25, 0.3) is 0 Å². The summed E-state index contributed by atoms with van der Waals surface area (Å²) in [5.74, 6) is 0.880. The zero-order chi connectivity index (χ0) is 13.3. The van der Waals surface area contributed by atoms with Crippen LogP contribution in [0.15, 0.2) is 0 Å². The molecule has 104 valence electrons. The van der Waals surface area contributed by atoms with E-state index in [1.807, 2.05) is 7.05 Å². The Morgan fingerprint density at radius 2 is 1.83 bits per heavy atom. The van der Waals surface area contributed by atoms with Crippen LogP contribution in [0.1, 0.15) is 52.4 Å². The highest BCUT2D eigenvalue weighted by Gasteiger charge is 2.34. The molecule has 2 fully saturated rings. The van der Waals surface area contributed by atoms with Crippen molar-refractivity contribution in [3.05, 3.63) is 0 Å². The molecule has 1 N–H and O–H groups in total. The van der Waals surface area contributed by atoms with Gasteiger partial charge >= 0.3 is 0 Å². The van der Waals surface area contributed by atoms with Crippen molar-refractivity contribution in [2.75, 3.05) is 13.6 Å². The van der Waals surface area contributed by atoms with Gasteiger partial charge in [-0.05, 0) is 49.9 Å². The Bertz CT molecular complexity index is 300. The van der Waals surface area contributed by atoms with Gasteiger partial charge in [-0.2, -0.15) is 0 Å². The Labute approximate surface area is 111 Å². The number of hydrogen-bond donors (Lipinski definition) is 1. The van der Waals surface area contributed by atoms with E-state index in [9.17, 15) is 9.90 Å². The molecule has 3 heteroatoms. The SMILES string of the molecule is CN(CC(O)C1CC1)C(=O)C1CCC(C)(C)CC1. The van der Waals surface area contributed by atoms with E-state index in [2.05, 4.69) is 13.8 Å². The highest BCUT2D eigenvalue weighted by molar-refractivity contribution is 5.78. The lowest BCUT2D eigenvalue weighted by Crippen LogP contribution is -2.40. The summed E-state index contributed by atoms with van der Waals surface area (Å²) < 4.78 is 0. The molecule has 3 nitrogen and oxygen atoms in total. The first kappa shape index (κ1) is 13.9. The second kappa shape index (κ2) is 5.20. The molecule has 0 bridgehead atoms. The van der Waals surface area contributed by atoms with Crippen LogP contribution < -0.4 is 0 Å². The number of carbonyl (C=O) groups excluding carboxylic acids is 1. The van der Waals surface area contributed by atoms with Gasteiger partial charge in [0, 0.05) is 19.5 Å². The van der Waals surface area contributed by atoms with Gasteiger partial charge in [-0.25, -0.2) is 0 Å². The lowest BCUT2D eigenvalue weighted by Gasteiger charge is -2.35. The normalized spacial score (nSPS) is 25.8. The van der Waals surface area contributed by atoms with Crippen molar-refractivity contribution in [2.45, 2.75) is 58.5 Å². The van der Waals surface area contributed by atoms with Crippen molar-refractivity contribution in [1.82, 2.24) is 4.90 Å². The third-order valence-electron chi connectivity index (χ3n) is 4.69. The number of amides is 1. The number of nitrogens with zero attached hydrogens (tertiary/aromatic N) is 1. The van der Waals surface area contributed by atoms with Crippen molar-refractivity contribution in [1.29, 1.82) is 0 Å². The summed E-state index contributed by atoms with van der Waals surface area (Å²) in [6, 6.07) is 0. The maximum Gasteiger partial charge on any atom is 0.225 e. The predicted molar refractivity (Wildman–Crippen MR) is 72.1 cm³/mol. The van der Waals surface area contributed by atoms with Crippen LogP contribution in [0.5, 0.6) is 0 Å². The van der Waals surface area contributed by atoms with Gasteiger partial charge in [-0.3, -0.25) is 4.79 Å². The summed E-state index contributed by atoms with van der Waals surface area (Å²) in [6.07, 6.45) is 6.25. The van der Waals surface area contributed by atoms with Gasteiger partial charge in [-0.15, -0.1) is 0 Å². The van der Waals surface area contributed by atoms with Crippen molar-refractivity contribution >= 4 is 5.91 Å². The molecule has 18 heavy (non-hydrogen) atoms. The van der Waals surface area contributed by atoms with Gasteiger partial charge in [0.05, 0.1) is 6.10 Å². The Morgan fingerprint density at radius 3 is 2.33 bits per heavy atom. The molecule has 0 saturated heterocycles. The number of carbonyl (C=O) groups is 1. The topological polar surface area (TPSA) is 40.5 Å². The summed E-state index contributed by atoms with van der Waals surface area (Å²) in [5, 5.41) is 9.90. The number of aliphatic hydroxyl groups excluding tert-OH is 1. The number of likely N-dealkylation sites (N-methyl/N-ethyl adjacent to an activating group) is 1. The van der Waals surface area contributed by atoms with Crippen LogP contribution in [0.4, 0.5) is 0 Å². The number of hydrogen-bond acceptors (Lipinski definition) is 2. The summed E-state index contributed by atoms with van der Waals surface area (Å²) in [6.45, 7) is 5.09. The molecule has 0 aliphatic heterocycles. The molecule has 0 heterocycles. The Kier molecular flexibility index (Phi) is 4.00. The van der Waals surface area contributed by atoms with Crippen molar-refractivity contribution in [3.8, 4) is 0 Å². The van der Waals surface area contributed by atoms with Gasteiger partial charge in [0.15, 0.2) is 0 Å². The standard InChI is InChI=1S/C15H27NO2/c1-15(2)8-6-12(7-9-15)14(18)16(3)10-13(17)11-4-5-11/h11-13,17H,4-10H2,1-3H3. The lowest BCUT2D eigenvalue weighted by molar-refractivity contribution is -0.137. The van der Waals surface area contributed by atoms with E-state index in [1.165, 1.54) is 0 Å². The van der Waals surface area contributed by atoms with Gasteiger partial charge in [0.1, 0.15) is 0 Å². The zero-order valence-corrected chi connectivity index (χ0v) is 12.0. The van der Waals surface area contributed by atoms with E-state index in [4.69, 9.17) is 0 Å². The third-order valence-corrected chi connectivity index (χ3v) is 4.69. The number of rotatable bonds is 4. The first-order chi connectivity index (χ1) is 8.39. The largest absolute Gasteiger partial charge is 0.391 e. The molecule has 1 unspecified atom stereocenters. The maximum absolute atomic E-state index is 12.3. The monoisotopic (exact) mass is 253 g/mol. The first-order valence-corrected chi connectivity index (χ1v) is 7.32. The van der Waals surface area contributed by atoms with Crippen LogP contribution in [0.3, 0.4) is 0 Å². The van der Waals surface area contributed by atoms with E-state index in [0.29, 0.717) is 17.9 Å². The van der Waals surface area contributed by atoms with Gasteiger partial charge < -0.3 is 10.0 Å². The highest BCUT2D eigenvalue weighted by atomic mass is 16.3. The molecule has 0 radical (unpaired) electrons. The van der Waals surface area contributed by atoms with Gasteiger partial charge in [-0.1, -0.05) is 13.8 Å². The van der Waals surface area contributed by atoms with Crippen LogP contribution in [0.2, 0.25) is 0 Å². The second-order valence-corrected chi connectivity index (χ2v) is 7.06. The molecule has 2 aliphatic carbocycles. The molecule has 1 atom stereocenters. The third kappa shape index (κ3) is 3.47. The summed E-state index contributed by atoms with van der Waals surface area (Å²) >= 11 is 0. The van der Waals surface area contributed by atoms with Crippen molar-refractivity contribution in [2.24, 2.45) is 17.3 Å². The van der Waals surface area contributed by atoms with Crippen molar-refractivity contribution < 1.29 is 9.90 Å². The summed E-state index contributed by atoms with van der Waals surface area (Å²) in [5.41, 5.74) is 0.406. The van der Waals surface area contributed by atoms with Crippen LogP contribution in [-0.4, -0.2) is 35.6 Å². The van der Waals surface area contributed by atoms with E-state index < -0.39 is 0 Å². The molecule has 1 amide bonds. The van der Waals surface area contributed by atoms with Crippen molar-refractivity contribution in [3.63, 3.8) is 0 Å². The molecule has 2 rings (SSSR count). The molecular formula is C15H27NO2. The molecule has 2 saturated carbocycles. The molecular weight excluding hydrogens is 226 g/mol. The molecule has 0 aromatic heterocycles. The lowest BCUT2D eigenvalue weighted by atomic mass is 9.73. The number of aliphatic hydroxyl groups is 1. The van der Waals surface area contributed by atoms with Crippen LogP contribution >= 0.6 is 0 Å². The molecule has 2 aliphatic rings. The van der Waals surface area contributed by atoms with E-state index >= 15 is 0 Å². The minimum absolute atomic E-state index is 0.189. The quantitative estimate of drug-likeness (QED) is 0.836. The first-order valence-electron chi connectivity index (χ1n) is 7.32. The van der Waals surface area contributed by atoms with E-state index in [-0.39, 0.29) is 17.9 Å². The average molecular weight is 253 g/mol. The highest BCUT2D eigenvalue weighted by Crippen LogP contribution is 2.38. The van der Waals surface area contributed by atoms with Crippen LogP contribution in [-0.2, 0) is 4.79 Å². The smallest absolute Gasteiger partial charge is 0.225 e. The summed E-state index contributed by atoms with van der Waals surface area (Å²) in [7, 11) is 1.84. The van der Waals surface area contributed by atoms with Gasteiger partial charge in [0.2, 0.25) is 5.91 Å². The summed E-state index contributed by atoms with van der Waals surface area (Å²) in [4.78, 5) is 14.1. The molecule has 0 spiro atoms. The predicted octanol–water partition coefficient (Wildman–Crippen LogP) is 2.43. The molecule has 0 aromatic rings. The zero-order valence-electron chi connectivity index (χ0n) is 12.0. The van der Waals surface area contributed by atoms with E-state index in [0.717, 1.165) is 38.5 Å². The maximum atomic E-state index is 12.3. The fraction of sp³-hybridized carbons (Fsp3) is 0.933.